The van der Waals surface area contributed by atoms with E-state index >= 15 is 0 Å². The number of benzene rings is 1. The Bertz CT molecular complexity index is 491. The predicted octanol–water partition coefficient (Wildman–Crippen LogP) is 2.79. The van der Waals surface area contributed by atoms with Crippen LogP contribution in [0.25, 0.3) is 0 Å². The number of halogens is 1. The summed E-state index contributed by atoms with van der Waals surface area (Å²) in [6, 6.07) is 3.89. The molecule has 0 aliphatic carbocycles. The number of hydrogen-bond acceptors (Lipinski definition) is 4. The fraction of sp³-hybridized carbons (Fsp3) is 0.462. The summed E-state index contributed by atoms with van der Waals surface area (Å²) in [7, 11) is 0. The molecule has 1 aromatic rings. The molecule has 6 nitrogen and oxygen atoms in total. The van der Waals surface area contributed by atoms with E-state index in [0.717, 1.165) is 0 Å². The minimum absolute atomic E-state index is 0.0502. The molecule has 20 heavy (non-hydrogen) atoms. The van der Waals surface area contributed by atoms with Gasteiger partial charge in [-0.3, -0.25) is 14.9 Å². The molecule has 1 rings (SSSR count). The molecule has 0 atom stereocenters. The third-order valence-electron chi connectivity index (χ3n) is 2.46. The molecule has 0 aromatic heterocycles. The minimum atomic E-state index is -0.590. The second-order valence-corrected chi connectivity index (χ2v) is 4.86. The standard InChI is InChI=1S/C13H17ClN2O4/c1-9(2)20-7-3-6-15-13(17)10-4-5-12(16(18)19)11(14)8-10/h4-5,8-9H,3,6-7H2,1-2H3,(H,15,17). The Hall–Kier alpha value is -1.66. The van der Waals surface area contributed by atoms with Gasteiger partial charge in [0.05, 0.1) is 11.0 Å². The van der Waals surface area contributed by atoms with Crippen molar-refractivity contribution in [3.63, 3.8) is 0 Å². The number of nitrogens with one attached hydrogen (secondary N) is 1. The van der Waals surface area contributed by atoms with Crippen molar-refractivity contribution < 1.29 is 14.5 Å². The maximum Gasteiger partial charge on any atom is 0.287 e. The monoisotopic (exact) mass is 300 g/mol. The molecule has 0 saturated heterocycles. The van der Waals surface area contributed by atoms with Crippen molar-refractivity contribution in [1.82, 2.24) is 5.32 Å². The molecule has 0 spiro atoms. The van der Waals surface area contributed by atoms with E-state index in [-0.39, 0.29) is 22.7 Å². The van der Waals surface area contributed by atoms with Crippen molar-refractivity contribution in [3.05, 3.63) is 38.9 Å². The highest BCUT2D eigenvalue weighted by Gasteiger charge is 2.14. The Morgan fingerprint density at radius 3 is 2.75 bits per heavy atom. The van der Waals surface area contributed by atoms with Crippen LogP contribution in [0.3, 0.4) is 0 Å². The van der Waals surface area contributed by atoms with Crippen LogP contribution < -0.4 is 5.32 Å². The number of nitro groups is 1. The highest BCUT2D eigenvalue weighted by molar-refractivity contribution is 6.33. The zero-order valence-electron chi connectivity index (χ0n) is 11.4. The number of amides is 1. The highest BCUT2D eigenvalue weighted by Crippen LogP contribution is 2.24. The van der Waals surface area contributed by atoms with Gasteiger partial charge in [-0.05, 0) is 32.4 Å². The highest BCUT2D eigenvalue weighted by atomic mass is 35.5. The zero-order chi connectivity index (χ0) is 15.1. The van der Waals surface area contributed by atoms with Gasteiger partial charge in [-0.25, -0.2) is 0 Å². The second kappa shape index (κ2) is 7.81. The van der Waals surface area contributed by atoms with E-state index in [0.29, 0.717) is 25.1 Å². The van der Waals surface area contributed by atoms with Gasteiger partial charge >= 0.3 is 0 Å². The average molecular weight is 301 g/mol. The Kier molecular flexibility index (Phi) is 6.41. The first-order valence-corrected chi connectivity index (χ1v) is 6.63. The number of nitro benzene ring substituents is 1. The van der Waals surface area contributed by atoms with Crippen molar-refractivity contribution in [2.45, 2.75) is 26.4 Å². The molecule has 110 valence electrons. The van der Waals surface area contributed by atoms with Crippen molar-refractivity contribution in [1.29, 1.82) is 0 Å². The molecule has 1 N–H and O–H groups in total. The van der Waals surface area contributed by atoms with Crippen LogP contribution in [0.5, 0.6) is 0 Å². The Labute approximate surface area is 122 Å². The molecule has 7 heteroatoms. The van der Waals surface area contributed by atoms with Gasteiger partial charge in [0.1, 0.15) is 5.02 Å². The van der Waals surface area contributed by atoms with Gasteiger partial charge in [-0.1, -0.05) is 11.6 Å². The van der Waals surface area contributed by atoms with E-state index in [2.05, 4.69) is 5.32 Å². The third kappa shape index (κ3) is 5.14. The van der Waals surface area contributed by atoms with Crippen LogP contribution in [-0.2, 0) is 4.74 Å². The SMILES string of the molecule is CC(C)OCCCNC(=O)c1ccc([N+](=O)[O-])c(Cl)c1. The Morgan fingerprint density at radius 1 is 1.50 bits per heavy atom. The van der Waals surface area contributed by atoms with Gasteiger partial charge in [0.2, 0.25) is 0 Å². The van der Waals surface area contributed by atoms with Gasteiger partial charge in [0.25, 0.3) is 11.6 Å². The number of carbonyl (C=O) groups is 1. The maximum absolute atomic E-state index is 11.8. The van der Waals surface area contributed by atoms with Gasteiger partial charge in [0, 0.05) is 24.8 Å². The van der Waals surface area contributed by atoms with E-state index in [1.54, 1.807) is 0 Å². The van der Waals surface area contributed by atoms with Gasteiger partial charge in [0.15, 0.2) is 0 Å². The fourth-order valence-electron chi connectivity index (χ4n) is 1.49. The van der Waals surface area contributed by atoms with E-state index in [1.165, 1.54) is 18.2 Å². The van der Waals surface area contributed by atoms with E-state index in [9.17, 15) is 14.9 Å². The molecule has 1 amide bonds. The minimum Gasteiger partial charge on any atom is -0.379 e. The summed E-state index contributed by atoms with van der Waals surface area (Å²) in [5.41, 5.74) is 0.0823. The fourth-order valence-corrected chi connectivity index (χ4v) is 1.74. The average Bonchev–Trinajstić information content (AvgIpc) is 2.37. The van der Waals surface area contributed by atoms with Crippen LogP contribution in [0, 0.1) is 10.1 Å². The summed E-state index contributed by atoms with van der Waals surface area (Å²) in [6.07, 6.45) is 0.865. The molecular weight excluding hydrogens is 284 g/mol. The molecular formula is C13H17ClN2O4. The largest absolute Gasteiger partial charge is 0.379 e. The number of carbonyl (C=O) groups excluding carboxylic acids is 1. The summed E-state index contributed by atoms with van der Waals surface area (Å²) in [4.78, 5) is 21.8. The lowest BCUT2D eigenvalue weighted by Crippen LogP contribution is -2.25. The summed E-state index contributed by atoms with van der Waals surface area (Å²) < 4.78 is 5.34. The van der Waals surface area contributed by atoms with Crippen LogP contribution in [0.15, 0.2) is 18.2 Å². The van der Waals surface area contributed by atoms with Gasteiger partial charge in [-0.15, -0.1) is 0 Å². The Balaban J connectivity index is 2.48. The van der Waals surface area contributed by atoms with E-state index in [4.69, 9.17) is 16.3 Å². The summed E-state index contributed by atoms with van der Waals surface area (Å²) in [5.74, 6) is -0.314. The lowest BCUT2D eigenvalue weighted by Gasteiger charge is -2.08. The molecule has 0 heterocycles. The lowest BCUT2D eigenvalue weighted by molar-refractivity contribution is -0.384. The molecule has 0 bridgehead atoms. The first-order chi connectivity index (χ1) is 9.41. The summed E-state index contributed by atoms with van der Waals surface area (Å²) in [6.45, 7) is 4.92. The van der Waals surface area contributed by atoms with Crippen LogP contribution >= 0.6 is 11.6 Å². The van der Waals surface area contributed by atoms with Gasteiger partial charge < -0.3 is 10.1 Å². The summed E-state index contributed by atoms with van der Waals surface area (Å²) in [5, 5.41) is 13.3. The van der Waals surface area contributed by atoms with Crippen molar-refractivity contribution in [3.8, 4) is 0 Å². The number of ether oxygens (including phenoxy) is 1. The molecule has 0 fully saturated rings. The van der Waals surface area contributed by atoms with Crippen molar-refractivity contribution in [2.75, 3.05) is 13.2 Å². The molecule has 0 radical (unpaired) electrons. The molecule has 0 unspecified atom stereocenters. The zero-order valence-corrected chi connectivity index (χ0v) is 12.1. The molecule has 0 aliphatic heterocycles. The lowest BCUT2D eigenvalue weighted by atomic mass is 10.2. The number of hydrogen-bond donors (Lipinski definition) is 1. The van der Waals surface area contributed by atoms with Crippen molar-refractivity contribution in [2.24, 2.45) is 0 Å². The molecule has 1 aromatic carbocycles. The van der Waals surface area contributed by atoms with Crippen LogP contribution in [0.1, 0.15) is 30.6 Å². The van der Waals surface area contributed by atoms with Crippen LogP contribution in [-0.4, -0.2) is 30.1 Å². The van der Waals surface area contributed by atoms with Gasteiger partial charge in [-0.2, -0.15) is 0 Å². The first-order valence-electron chi connectivity index (χ1n) is 6.25. The predicted molar refractivity (Wildman–Crippen MR) is 76.1 cm³/mol. The third-order valence-corrected chi connectivity index (χ3v) is 2.77. The van der Waals surface area contributed by atoms with E-state index < -0.39 is 4.92 Å². The smallest absolute Gasteiger partial charge is 0.287 e. The van der Waals surface area contributed by atoms with E-state index in [1.807, 2.05) is 13.8 Å². The second-order valence-electron chi connectivity index (χ2n) is 4.45. The first kappa shape index (κ1) is 16.4. The molecule has 0 aliphatic rings. The van der Waals surface area contributed by atoms with Crippen LogP contribution in [0.4, 0.5) is 5.69 Å². The number of nitrogens with zero attached hydrogens (tertiary/aromatic N) is 1. The quantitative estimate of drug-likeness (QED) is 0.477. The maximum atomic E-state index is 11.8. The van der Waals surface area contributed by atoms with Crippen LogP contribution in [0.2, 0.25) is 5.02 Å². The summed E-state index contributed by atoms with van der Waals surface area (Å²) >= 11 is 5.75. The van der Waals surface area contributed by atoms with Crippen molar-refractivity contribution >= 4 is 23.2 Å². The molecule has 0 saturated carbocycles. The number of rotatable bonds is 7. The normalized spacial score (nSPS) is 10.6. The topological polar surface area (TPSA) is 81.5 Å². The Morgan fingerprint density at radius 2 is 2.20 bits per heavy atom.